The predicted molar refractivity (Wildman–Crippen MR) is 76.6 cm³/mol. The van der Waals surface area contributed by atoms with Crippen LogP contribution in [-0.4, -0.2) is 12.5 Å². The van der Waals surface area contributed by atoms with Crippen LogP contribution in [0.2, 0.25) is 0 Å². The van der Waals surface area contributed by atoms with Gasteiger partial charge in [0.05, 0.1) is 5.56 Å². The highest BCUT2D eigenvalue weighted by Crippen LogP contribution is 2.17. The van der Waals surface area contributed by atoms with Crippen molar-refractivity contribution < 1.29 is 13.9 Å². The molecule has 2 aromatic rings. The first-order chi connectivity index (χ1) is 10.1. The molecule has 106 valence electrons. The summed E-state index contributed by atoms with van der Waals surface area (Å²) in [5, 5.41) is 11.0. The van der Waals surface area contributed by atoms with Crippen LogP contribution in [0.3, 0.4) is 0 Å². The summed E-state index contributed by atoms with van der Waals surface area (Å²) in [6.07, 6.45) is 0. The molecule has 0 aliphatic heterocycles. The molecule has 0 heterocycles. The number of anilines is 1. The van der Waals surface area contributed by atoms with E-state index in [1.165, 1.54) is 12.1 Å². The molecule has 0 unspecified atom stereocenters. The molecule has 0 saturated heterocycles. The van der Waals surface area contributed by atoms with Crippen molar-refractivity contribution in [2.45, 2.75) is 6.92 Å². The molecule has 0 spiro atoms. The molecule has 1 N–H and O–H groups in total. The molecule has 0 atom stereocenters. The molecule has 2 rings (SSSR count). The SMILES string of the molecule is Cc1ccc(C(=O)Nc2ccc(OCC#N)cc2)c(F)c1. The molecule has 0 aliphatic carbocycles. The standard InChI is InChI=1S/C16H13FN2O2/c1-11-2-7-14(15(17)10-11)16(20)19-12-3-5-13(6-4-12)21-9-8-18/h2-7,10H,9H2,1H3,(H,19,20). The molecule has 21 heavy (non-hydrogen) atoms. The predicted octanol–water partition coefficient (Wildman–Crippen LogP) is 3.29. The van der Waals surface area contributed by atoms with Crippen LogP contribution in [0.1, 0.15) is 15.9 Å². The Morgan fingerprint density at radius 3 is 2.62 bits per heavy atom. The van der Waals surface area contributed by atoms with Crippen molar-refractivity contribution in [3.05, 3.63) is 59.4 Å². The summed E-state index contributed by atoms with van der Waals surface area (Å²) in [5.41, 5.74) is 1.26. The van der Waals surface area contributed by atoms with Gasteiger partial charge in [-0.3, -0.25) is 4.79 Å². The van der Waals surface area contributed by atoms with Crippen molar-refractivity contribution in [3.63, 3.8) is 0 Å². The maximum atomic E-state index is 13.7. The normalized spacial score (nSPS) is 9.76. The fourth-order valence-electron chi connectivity index (χ4n) is 1.75. The molecule has 5 heteroatoms. The van der Waals surface area contributed by atoms with Gasteiger partial charge in [-0.2, -0.15) is 5.26 Å². The van der Waals surface area contributed by atoms with Crippen LogP contribution in [0.25, 0.3) is 0 Å². The van der Waals surface area contributed by atoms with Crippen LogP contribution in [0.4, 0.5) is 10.1 Å². The number of nitrogens with zero attached hydrogens (tertiary/aromatic N) is 1. The number of nitrogens with one attached hydrogen (secondary N) is 1. The second-order valence-electron chi connectivity index (χ2n) is 4.41. The zero-order chi connectivity index (χ0) is 15.2. The first kappa shape index (κ1) is 14.5. The van der Waals surface area contributed by atoms with Crippen LogP contribution in [0, 0.1) is 24.1 Å². The minimum Gasteiger partial charge on any atom is -0.479 e. The van der Waals surface area contributed by atoms with Gasteiger partial charge in [-0.1, -0.05) is 6.07 Å². The molecule has 4 nitrogen and oxygen atoms in total. The maximum Gasteiger partial charge on any atom is 0.258 e. The highest BCUT2D eigenvalue weighted by Gasteiger charge is 2.11. The van der Waals surface area contributed by atoms with Gasteiger partial charge in [0.1, 0.15) is 17.6 Å². The van der Waals surface area contributed by atoms with Crippen LogP contribution in [0.5, 0.6) is 5.75 Å². The Bertz CT molecular complexity index is 690. The molecular formula is C16H13FN2O2. The average Bonchev–Trinajstić information content (AvgIpc) is 2.46. The van der Waals surface area contributed by atoms with Crippen LogP contribution < -0.4 is 10.1 Å². The molecule has 0 aromatic heterocycles. The third kappa shape index (κ3) is 3.80. The zero-order valence-corrected chi connectivity index (χ0v) is 11.4. The van der Waals surface area contributed by atoms with Gasteiger partial charge in [0, 0.05) is 5.69 Å². The largest absolute Gasteiger partial charge is 0.479 e. The van der Waals surface area contributed by atoms with Crippen molar-refractivity contribution in [2.75, 3.05) is 11.9 Å². The third-order valence-corrected chi connectivity index (χ3v) is 2.78. The number of nitriles is 1. The Hall–Kier alpha value is -2.87. The highest BCUT2D eigenvalue weighted by atomic mass is 19.1. The molecule has 0 bridgehead atoms. The quantitative estimate of drug-likeness (QED) is 0.937. The van der Waals surface area contributed by atoms with Crippen LogP contribution in [-0.2, 0) is 0 Å². The number of carbonyl (C=O) groups is 1. The summed E-state index contributed by atoms with van der Waals surface area (Å²) in [5.74, 6) is -0.546. The van der Waals surface area contributed by atoms with Crippen LogP contribution in [0.15, 0.2) is 42.5 Å². The summed E-state index contributed by atoms with van der Waals surface area (Å²) < 4.78 is 18.8. The summed E-state index contributed by atoms with van der Waals surface area (Å²) in [6, 6.07) is 12.8. The Balaban J connectivity index is 2.07. The molecule has 0 aliphatic rings. The van der Waals surface area contributed by atoms with E-state index in [1.807, 2.05) is 6.07 Å². The lowest BCUT2D eigenvalue weighted by atomic mass is 10.1. The minimum atomic E-state index is -0.554. The summed E-state index contributed by atoms with van der Waals surface area (Å²) in [7, 11) is 0. The topological polar surface area (TPSA) is 62.1 Å². The number of benzene rings is 2. The summed E-state index contributed by atoms with van der Waals surface area (Å²) in [4.78, 5) is 12.0. The van der Waals surface area contributed by atoms with Crippen molar-refractivity contribution >= 4 is 11.6 Å². The van der Waals surface area contributed by atoms with Crippen molar-refractivity contribution in [2.24, 2.45) is 0 Å². The second kappa shape index (κ2) is 6.53. The lowest BCUT2D eigenvalue weighted by Gasteiger charge is -2.08. The molecule has 0 saturated carbocycles. The van der Waals surface area contributed by atoms with E-state index in [-0.39, 0.29) is 12.2 Å². The van der Waals surface area contributed by atoms with E-state index < -0.39 is 11.7 Å². The second-order valence-corrected chi connectivity index (χ2v) is 4.41. The van der Waals surface area contributed by atoms with Crippen molar-refractivity contribution in [1.82, 2.24) is 0 Å². The Kier molecular flexibility index (Phi) is 4.52. The van der Waals surface area contributed by atoms with Crippen LogP contribution >= 0.6 is 0 Å². The maximum absolute atomic E-state index is 13.7. The van der Waals surface area contributed by atoms with E-state index in [4.69, 9.17) is 10.00 Å². The Labute approximate surface area is 121 Å². The number of halogens is 1. The fraction of sp³-hybridized carbons (Fsp3) is 0.125. The third-order valence-electron chi connectivity index (χ3n) is 2.78. The number of amides is 1. The van der Waals surface area contributed by atoms with Gasteiger partial charge in [-0.05, 0) is 48.9 Å². The molecule has 2 aromatic carbocycles. The zero-order valence-electron chi connectivity index (χ0n) is 11.4. The lowest BCUT2D eigenvalue weighted by Crippen LogP contribution is -2.13. The number of ether oxygens (including phenoxy) is 1. The Morgan fingerprint density at radius 2 is 2.00 bits per heavy atom. The minimum absolute atomic E-state index is 0.00888. The van der Waals surface area contributed by atoms with Crippen molar-refractivity contribution in [3.8, 4) is 11.8 Å². The van der Waals surface area contributed by atoms with Gasteiger partial charge in [0.25, 0.3) is 5.91 Å². The summed E-state index contributed by atoms with van der Waals surface area (Å²) in [6.45, 7) is 1.71. The fourth-order valence-corrected chi connectivity index (χ4v) is 1.75. The number of hydrogen-bond donors (Lipinski definition) is 1. The van der Waals surface area contributed by atoms with Gasteiger partial charge in [-0.25, -0.2) is 4.39 Å². The van der Waals surface area contributed by atoms with Gasteiger partial charge < -0.3 is 10.1 Å². The highest BCUT2D eigenvalue weighted by molar-refractivity contribution is 6.04. The molecule has 0 fully saturated rings. The first-order valence-corrected chi connectivity index (χ1v) is 6.27. The first-order valence-electron chi connectivity index (χ1n) is 6.27. The molecule has 1 amide bonds. The number of rotatable bonds is 4. The Morgan fingerprint density at radius 1 is 1.29 bits per heavy atom. The van der Waals surface area contributed by atoms with Gasteiger partial charge in [-0.15, -0.1) is 0 Å². The average molecular weight is 284 g/mol. The number of aryl methyl sites for hydroxylation is 1. The number of hydrogen-bond acceptors (Lipinski definition) is 3. The van der Waals surface area contributed by atoms with E-state index in [1.54, 1.807) is 37.3 Å². The monoisotopic (exact) mass is 284 g/mol. The lowest BCUT2D eigenvalue weighted by molar-refractivity contribution is 0.102. The number of carbonyl (C=O) groups excluding carboxylic acids is 1. The molecular weight excluding hydrogens is 271 g/mol. The van der Waals surface area contributed by atoms with E-state index in [9.17, 15) is 9.18 Å². The van der Waals surface area contributed by atoms with E-state index in [0.29, 0.717) is 11.4 Å². The van der Waals surface area contributed by atoms with E-state index in [2.05, 4.69) is 5.32 Å². The van der Waals surface area contributed by atoms with Gasteiger partial charge in [0.2, 0.25) is 0 Å². The van der Waals surface area contributed by atoms with Gasteiger partial charge >= 0.3 is 0 Å². The smallest absolute Gasteiger partial charge is 0.258 e. The van der Waals surface area contributed by atoms with Crippen molar-refractivity contribution in [1.29, 1.82) is 5.26 Å². The van der Waals surface area contributed by atoms with E-state index >= 15 is 0 Å². The van der Waals surface area contributed by atoms with E-state index in [0.717, 1.165) is 5.56 Å². The molecule has 0 radical (unpaired) electrons. The summed E-state index contributed by atoms with van der Waals surface area (Å²) >= 11 is 0. The van der Waals surface area contributed by atoms with Gasteiger partial charge in [0.15, 0.2) is 6.61 Å².